The summed E-state index contributed by atoms with van der Waals surface area (Å²) in [7, 11) is 0. The summed E-state index contributed by atoms with van der Waals surface area (Å²) in [6, 6.07) is 0. The van der Waals surface area contributed by atoms with Gasteiger partial charge in [0.25, 0.3) is 5.91 Å². The number of carbonyl (C=O) groups is 1. The van der Waals surface area contributed by atoms with E-state index in [0.29, 0.717) is 12.8 Å². The van der Waals surface area contributed by atoms with E-state index in [4.69, 9.17) is 0 Å². The highest BCUT2D eigenvalue weighted by molar-refractivity contribution is 5.84. The molecule has 0 radical (unpaired) electrons. The Morgan fingerprint density at radius 3 is 1.19 bits per heavy atom. The molecule has 0 aliphatic rings. The van der Waals surface area contributed by atoms with Gasteiger partial charge in [0.2, 0.25) is 0 Å². The van der Waals surface area contributed by atoms with E-state index in [0.717, 1.165) is 43.8 Å². The van der Waals surface area contributed by atoms with E-state index in [-0.39, 0.29) is 12.8 Å². The molecule has 0 saturated heterocycles. The van der Waals surface area contributed by atoms with E-state index in [2.05, 4.69) is 0 Å². The van der Waals surface area contributed by atoms with Crippen molar-refractivity contribution >= 4 is 5.91 Å². The molecule has 0 saturated carbocycles. The highest BCUT2D eigenvalue weighted by atomic mass is 19.4. The lowest BCUT2D eigenvalue weighted by molar-refractivity contribution is -0.449. The summed E-state index contributed by atoms with van der Waals surface area (Å²) in [5.74, 6) is -51.1. The Morgan fingerprint density at radius 1 is 0.486 bits per heavy atom. The van der Waals surface area contributed by atoms with Crippen molar-refractivity contribution in [1.29, 1.82) is 0 Å². The zero-order valence-electron chi connectivity index (χ0n) is 19.4. The summed E-state index contributed by atoms with van der Waals surface area (Å²) in [5, 5.41) is 1.01. The van der Waals surface area contributed by atoms with Crippen LogP contribution in [0.1, 0.15) is 71.1 Å². The maximum absolute atomic E-state index is 13.7. The minimum atomic E-state index is -8.40. The summed E-state index contributed by atoms with van der Waals surface area (Å²) >= 11 is 0. The number of unbranched alkanes of at least 4 members (excludes halogenated alkanes) is 9. The van der Waals surface area contributed by atoms with Crippen LogP contribution in [-0.4, -0.2) is 54.2 Å². The van der Waals surface area contributed by atoms with Gasteiger partial charge in [-0.1, -0.05) is 64.7 Å². The topological polar surface area (TPSA) is 29.1 Å². The van der Waals surface area contributed by atoms with E-state index in [1.165, 1.54) is 0 Å². The summed E-state index contributed by atoms with van der Waals surface area (Å²) < 4.78 is 197. The molecule has 0 heterocycles. The van der Waals surface area contributed by atoms with Crippen molar-refractivity contribution in [2.75, 3.05) is 6.54 Å². The smallest absolute Gasteiger partial charge is 0.351 e. The van der Waals surface area contributed by atoms with Gasteiger partial charge < -0.3 is 5.32 Å². The Hall–Kier alpha value is -1.58. The third-order valence-corrected chi connectivity index (χ3v) is 5.43. The number of carbonyl (C=O) groups excluding carboxylic acids is 1. The number of hydrogen-bond donors (Lipinski definition) is 1. The van der Waals surface area contributed by atoms with Crippen LogP contribution in [-0.2, 0) is 4.79 Å². The maximum atomic E-state index is 13.7. The largest absolute Gasteiger partial charge is 0.460 e. The number of nitrogens with one attached hydrogen (secondary N) is 1. The molecule has 0 fully saturated rings. The van der Waals surface area contributed by atoms with Crippen molar-refractivity contribution in [3.8, 4) is 0 Å². The lowest BCUT2D eigenvalue weighted by Gasteiger charge is -2.41. The molecule has 222 valence electrons. The molecule has 0 rings (SSSR count). The monoisotopic (exact) mass is 581 g/mol. The van der Waals surface area contributed by atoms with Gasteiger partial charge in [0.05, 0.1) is 0 Å². The fourth-order valence-corrected chi connectivity index (χ4v) is 3.03. The molecule has 37 heavy (non-hydrogen) atoms. The Labute approximate surface area is 202 Å². The van der Waals surface area contributed by atoms with Crippen LogP contribution in [0.2, 0.25) is 0 Å². The van der Waals surface area contributed by atoms with Crippen molar-refractivity contribution in [1.82, 2.24) is 5.32 Å². The summed E-state index contributed by atoms with van der Waals surface area (Å²) in [6.45, 7) is 1.15. The third kappa shape index (κ3) is 7.09. The Kier molecular flexibility index (Phi) is 12.0. The minimum absolute atomic E-state index is 0.175. The zero-order chi connectivity index (χ0) is 29.6. The first-order valence-electron chi connectivity index (χ1n) is 11.1. The van der Waals surface area contributed by atoms with Gasteiger partial charge >= 0.3 is 41.7 Å². The predicted octanol–water partition coefficient (Wildman–Crippen LogP) is 8.40. The number of rotatable bonds is 17. The molecule has 0 unspecified atom stereocenters. The quantitative estimate of drug-likeness (QED) is 0.136. The molecule has 0 bridgehead atoms. The van der Waals surface area contributed by atoms with Gasteiger partial charge in [0, 0.05) is 6.54 Å². The molecule has 2 nitrogen and oxygen atoms in total. The summed E-state index contributed by atoms with van der Waals surface area (Å²) in [6.07, 6.45) is -0.615. The molecule has 0 aliphatic carbocycles. The lowest BCUT2D eigenvalue weighted by Crippen LogP contribution is -2.74. The number of hydrogen-bond acceptors (Lipinski definition) is 1. The highest BCUT2D eigenvalue weighted by Crippen LogP contribution is 2.62. The van der Waals surface area contributed by atoms with Crippen LogP contribution in [0.25, 0.3) is 0 Å². The number of alkyl halides is 15. The normalized spacial score (nSPS) is 14.7. The molecule has 0 aromatic carbocycles. The minimum Gasteiger partial charge on any atom is -0.351 e. The maximum Gasteiger partial charge on any atom is 0.460 e. The van der Waals surface area contributed by atoms with Gasteiger partial charge in [-0.25, -0.2) is 0 Å². The average molecular weight is 581 g/mol. The van der Waals surface area contributed by atoms with Gasteiger partial charge in [-0.3, -0.25) is 4.79 Å². The molecule has 0 aliphatic heterocycles. The van der Waals surface area contributed by atoms with Crippen LogP contribution in [0, 0.1) is 0 Å². The molecular weight excluding hydrogens is 555 g/mol. The van der Waals surface area contributed by atoms with Crippen molar-refractivity contribution in [2.45, 2.75) is 113 Å². The van der Waals surface area contributed by atoms with E-state index < -0.39 is 54.2 Å². The first kappa shape index (κ1) is 35.4. The molecule has 1 amide bonds. The summed E-state index contributed by atoms with van der Waals surface area (Å²) in [4.78, 5) is 11.3. The molecule has 1 N–H and O–H groups in total. The Balaban J connectivity index is 5.27. The van der Waals surface area contributed by atoms with Crippen molar-refractivity contribution in [2.24, 2.45) is 0 Å². The zero-order valence-corrected chi connectivity index (χ0v) is 19.4. The van der Waals surface area contributed by atoms with Gasteiger partial charge in [-0.2, -0.15) is 65.9 Å². The van der Waals surface area contributed by atoms with Gasteiger partial charge in [-0.15, -0.1) is 0 Å². The van der Waals surface area contributed by atoms with E-state index in [1.807, 2.05) is 6.92 Å². The van der Waals surface area contributed by atoms with Gasteiger partial charge in [0.15, 0.2) is 0 Å². The van der Waals surface area contributed by atoms with Gasteiger partial charge in [-0.05, 0) is 6.42 Å². The lowest BCUT2D eigenvalue weighted by atomic mass is 9.91. The van der Waals surface area contributed by atoms with Crippen LogP contribution in [0.4, 0.5) is 65.9 Å². The molecule has 17 heteroatoms. The highest BCUT2D eigenvalue weighted by Gasteiger charge is 2.94. The molecule has 0 spiro atoms. The predicted molar refractivity (Wildman–Crippen MR) is 101 cm³/mol. The average Bonchev–Trinajstić information content (AvgIpc) is 2.75. The van der Waals surface area contributed by atoms with Crippen molar-refractivity contribution in [3.63, 3.8) is 0 Å². The van der Waals surface area contributed by atoms with E-state index >= 15 is 0 Å². The fraction of sp³-hybridized carbons (Fsp3) is 0.950. The van der Waals surface area contributed by atoms with Crippen LogP contribution >= 0.6 is 0 Å². The Morgan fingerprint density at radius 2 is 0.811 bits per heavy atom. The van der Waals surface area contributed by atoms with Crippen molar-refractivity contribution in [3.05, 3.63) is 0 Å². The SMILES string of the molecule is CCCCCCCCCCCCNC(=O)C(F)(F)C(F)(F)C(F)(F)C(F)(F)C(F)(F)C(F)(F)C(F)(F)F. The first-order valence-corrected chi connectivity index (χ1v) is 11.1. The second-order valence-electron chi connectivity index (χ2n) is 8.38. The molecule has 0 aromatic rings. The standard InChI is InChI=1S/C20H26F15NO/c1-2-3-4-5-6-7-8-9-10-11-12-36-13(37)14(21,22)15(23,24)16(25,26)17(27,28)18(29,30)19(31,32)20(33,34)35/h2-12H2,1H3,(H,36,37). The number of halogens is 15. The van der Waals surface area contributed by atoms with E-state index in [9.17, 15) is 70.7 Å². The van der Waals surface area contributed by atoms with E-state index in [1.54, 1.807) is 0 Å². The Bertz CT molecular complexity index is 719. The third-order valence-electron chi connectivity index (χ3n) is 5.43. The molecular formula is C20H26F15NO. The van der Waals surface area contributed by atoms with Gasteiger partial charge in [0.1, 0.15) is 0 Å². The second-order valence-corrected chi connectivity index (χ2v) is 8.38. The summed E-state index contributed by atoms with van der Waals surface area (Å²) in [5.41, 5.74) is 0. The van der Waals surface area contributed by atoms with Crippen LogP contribution in [0.5, 0.6) is 0 Å². The molecule has 0 atom stereocenters. The molecule has 0 aromatic heterocycles. The second kappa shape index (κ2) is 12.5. The van der Waals surface area contributed by atoms with Crippen LogP contribution in [0.3, 0.4) is 0 Å². The number of amides is 1. The fourth-order valence-electron chi connectivity index (χ4n) is 3.03. The first-order chi connectivity index (χ1) is 16.5. The van der Waals surface area contributed by atoms with Crippen molar-refractivity contribution < 1.29 is 70.7 Å². The van der Waals surface area contributed by atoms with Crippen LogP contribution in [0.15, 0.2) is 0 Å². The van der Waals surface area contributed by atoms with Crippen LogP contribution < -0.4 is 5.32 Å².